The lowest BCUT2D eigenvalue weighted by molar-refractivity contribution is 0.142. The van der Waals surface area contributed by atoms with Gasteiger partial charge in [0.15, 0.2) is 0 Å². The molecule has 236 valence electrons. The van der Waals surface area contributed by atoms with Crippen molar-refractivity contribution < 1.29 is 9.05 Å². The van der Waals surface area contributed by atoms with Gasteiger partial charge in [0, 0.05) is 28.1 Å². The summed E-state index contributed by atoms with van der Waals surface area (Å²) in [5.41, 5.74) is 8.54. The lowest BCUT2D eigenvalue weighted by Crippen LogP contribution is -2.31. The van der Waals surface area contributed by atoms with Crippen LogP contribution in [-0.2, 0) is 10.4 Å². The maximum atomic E-state index is 8.19. The van der Waals surface area contributed by atoms with E-state index in [2.05, 4.69) is 121 Å². The number of fused-ring (bicyclic) bond motifs is 4. The van der Waals surface area contributed by atoms with Crippen LogP contribution in [-0.4, -0.2) is 16.5 Å². The summed E-state index contributed by atoms with van der Waals surface area (Å²) in [6, 6.07) is 56.1. The van der Waals surface area contributed by atoms with E-state index in [0.29, 0.717) is 17.1 Å². The fourth-order valence-corrected chi connectivity index (χ4v) is 7.50. The van der Waals surface area contributed by atoms with Crippen LogP contribution < -0.4 is 10.1 Å². The van der Waals surface area contributed by atoms with E-state index in [-0.39, 0.29) is 0 Å². The normalized spacial score (nSPS) is 14.1. The van der Waals surface area contributed by atoms with Crippen molar-refractivity contribution in [2.45, 2.75) is 12.3 Å². The van der Waals surface area contributed by atoms with E-state index < -0.39 is 12.4 Å². The topological polar surface area (TPSA) is 33.5 Å². The van der Waals surface area contributed by atoms with Gasteiger partial charge in [-0.15, -0.1) is 4.94 Å². The molecule has 0 spiro atoms. The van der Waals surface area contributed by atoms with E-state index in [1.54, 1.807) is 11.1 Å². The SMILES string of the molecule is [2H]C([2H])([2H])N1ON(c2cccc(C(c3ccccc3)(c3ccccc3)c3ccc4c5ccccc5n(-c5cc(C)ccn5)c4c3)c2)c2ccccc21. The number of pyridine rings is 1. The molecule has 0 radical (unpaired) electrons. The Morgan fingerprint density at radius 3 is 1.98 bits per heavy atom. The first kappa shape index (κ1) is 25.9. The Kier molecular flexibility index (Phi) is 6.08. The van der Waals surface area contributed by atoms with E-state index in [4.69, 9.17) is 14.0 Å². The number of benzene rings is 6. The standard InChI is InChI=1S/C44H34N4O/c1-31-26-27-45-43(28-31)47-39-21-10-9-20-37(39)38-25-24-35(30-42(38)47)44(32-14-5-3-6-15-32,33-16-7-4-8-17-33)34-18-13-19-36(29-34)48-41-23-12-11-22-40(41)46(2)49-48/h3-30H,1-2H3/i2D3. The lowest BCUT2D eigenvalue weighted by Gasteiger charge is -2.37. The molecule has 0 bridgehead atoms. The van der Waals surface area contributed by atoms with Crippen molar-refractivity contribution in [3.8, 4) is 5.82 Å². The first-order valence-corrected chi connectivity index (χ1v) is 16.4. The van der Waals surface area contributed by atoms with Crippen molar-refractivity contribution >= 4 is 38.9 Å². The summed E-state index contributed by atoms with van der Waals surface area (Å²) in [6.45, 7) is -0.409. The number of aromatic nitrogens is 2. The Balaban J connectivity index is 1.34. The number of anilines is 3. The molecule has 0 saturated heterocycles. The summed E-state index contributed by atoms with van der Waals surface area (Å²) in [4.78, 5) is 11.0. The van der Waals surface area contributed by atoms with E-state index in [0.717, 1.165) is 60.5 Å². The van der Waals surface area contributed by atoms with Crippen LogP contribution in [0.5, 0.6) is 0 Å². The first-order valence-electron chi connectivity index (χ1n) is 17.9. The van der Waals surface area contributed by atoms with Crippen LogP contribution in [0, 0.1) is 6.92 Å². The third-order valence-corrected chi connectivity index (χ3v) is 9.65. The number of hydrogen-bond donors (Lipinski definition) is 0. The average Bonchev–Trinajstić information content (AvgIpc) is 3.73. The zero-order chi connectivity index (χ0) is 35.5. The molecular weight excluding hydrogens is 601 g/mol. The van der Waals surface area contributed by atoms with Crippen LogP contribution in [0.25, 0.3) is 27.6 Å². The van der Waals surface area contributed by atoms with Crippen molar-refractivity contribution in [3.05, 3.63) is 198 Å². The predicted octanol–water partition coefficient (Wildman–Crippen LogP) is 10.3. The zero-order valence-electron chi connectivity index (χ0n) is 29.9. The molecule has 2 aromatic heterocycles. The minimum absolute atomic E-state index is 0.480. The van der Waals surface area contributed by atoms with Gasteiger partial charge in [-0.25, -0.2) is 10.0 Å². The Hall–Kier alpha value is -6.17. The quantitative estimate of drug-likeness (QED) is 0.170. The Morgan fingerprint density at radius 2 is 1.22 bits per heavy atom. The molecule has 5 heteroatoms. The molecule has 49 heavy (non-hydrogen) atoms. The molecule has 0 atom stereocenters. The van der Waals surface area contributed by atoms with Crippen molar-refractivity contribution in [2.24, 2.45) is 0 Å². The fraction of sp³-hybridized carbons (Fsp3) is 0.0682. The van der Waals surface area contributed by atoms with E-state index in [1.165, 1.54) is 0 Å². The molecule has 5 nitrogen and oxygen atoms in total. The third kappa shape index (κ3) is 4.55. The highest BCUT2D eigenvalue weighted by Crippen LogP contribution is 2.49. The van der Waals surface area contributed by atoms with Gasteiger partial charge < -0.3 is 0 Å². The maximum Gasteiger partial charge on any atom is 0.137 e. The molecule has 0 N–H and O–H groups in total. The number of hydrogen-bond acceptors (Lipinski definition) is 4. The smallest absolute Gasteiger partial charge is 0.137 e. The maximum absolute atomic E-state index is 8.19. The Bertz CT molecular complexity index is 2540. The molecule has 0 aliphatic carbocycles. The van der Waals surface area contributed by atoms with Crippen LogP contribution in [0.3, 0.4) is 0 Å². The van der Waals surface area contributed by atoms with Gasteiger partial charge in [-0.3, -0.25) is 4.57 Å². The summed E-state index contributed by atoms with van der Waals surface area (Å²) in [6.07, 6.45) is 1.87. The molecule has 3 heterocycles. The molecule has 1 aliphatic heterocycles. The number of rotatable bonds is 6. The third-order valence-electron chi connectivity index (χ3n) is 9.65. The van der Waals surface area contributed by atoms with Crippen LogP contribution >= 0.6 is 0 Å². The van der Waals surface area contributed by atoms with Gasteiger partial charge in [-0.1, -0.05) is 115 Å². The Labute approximate surface area is 290 Å². The number of hydroxylamine groups is 1. The highest BCUT2D eigenvalue weighted by atomic mass is 16.8. The molecule has 0 saturated carbocycles. The second-order valence-corrected chi connectivity index (χ2v) is 12.5. The van der Waals surface area contributed by atoms with E-state index >= 15 is 0 Å². The van der Waals surface area contributed by atoms with Gasteiger partial charge in [0.2, 0.25) is 0 Å². The van der Waals surface area contributed by atoms with Gasteiger partial charge in [0.25, 0.3) is 0 Å². The van der Waals surface area contributed by atoms with Gasteiger partial charge in [-0.05, 0) is 83.3 Å². The summed E-state index contributed by atoms with van der Waals surface area (Å²) < 4.78 is 26.8. The first-order chi connectivity index (χ1) is 25.3. The number of para-hydroxylation sites is 3. The Morgan fingerprint density at radius 1 is 0.571 bits per heavy atom. The molecule has 1 aliphatic rings. The fourth-order valence-electron chi connectivity index (χ4n) is 7.50. The van der Waals surface area contributed by atoms with E-state index in [1.807, 2.05) is 54.7 Å². The summed E-state index contributed by atoms with van der Waals surface area (Å²) >= 11 is 0. The zero-order valence-corrected chi connectivity index (χ0v) is 26.9. The number of aryl methyl sites for hydroxylation is 1. The minimum Gasteiger partial charge on any atom is -0.294 e. The molecule has 8 aromatic rings. The molecule has 9 rings (SSSR count). The van der Waals surface area contributed by atoms with Crippen molar-refractivity contribution in [3.63, 3.8) is 0 Å². The number of nitrogens with zero attached hydrogens (tertiary/aromatic N) is 4. The van der Waals surface area contributed by atoms with Crippen molar-refractivity contribution in [1.29, 1.82) is 0 Å². The summed E-state index contributed by atoms with van der Waals surface area (Å²) in [5.74, 6) is 0.860. The molecule has 6 aromatic carbocycles. The largest absolute Gasteiger partial charge is 0.294 e. The van der Waals surface area contributed by atoms with E-state index in [9.17, 15) is 0 Å². The second kappa shape index (κ2) is 11.5. The monoisotopic (exact) mass is 637 g/mol. The highest BCUT2D eigenvalue weighted by molar-refractivity contribution is 6.09. The molecule has 0 amide bonds. The van der Waals surface area contributed by atoms with Crippen LogP contribution in [0.2, 0.25) is 0 Å². The van der Waals surface area contributed by atoms with Crippen LogP contribution in [0.1, 0.15) is 31.9 Å². The second-order valence-electron chi connectivity index (χ2n) is 12.5. The van der Waals surface area contributed by atoms with Gasteiger partial charge in [0.1, 0.15) is 5.82 Å². The highest BCUT2D eigenvalue weighted by Gasteiger charge is 2.39. The van der Waals surface area contributed by atoms with Gasteiger partial charge >= 0.3 is 0 Å². The molecule has 0 fully saturated rings. The van der Waals surface area contributed by atoms with Gasteiger partial charge in [0.05, 0.1) is 33.5 Å². The van der Waals surface area contributed by atoms with Gasteiger partial charge in [-0.2, -0.15) is 5.06 Å². The predicted molar refractivity (Wildman–Crippen MR) is 200 cm³/mol. The minimum atomic E-state index is -2.50. The van der Waals surface area contributed by atoms with Crippen LogP contribution in [0.15, 0.2) is 170 Å². The van der Waals surface area contributed by atoms with Crippen molar-refractivity contribution in [1.82, 2.24) is 9.55 Å². The molecular formula is C44H34N4O. The summed E-state index contributed by atoms with van der Waals surface area (Å²) in [7, 11) is 0. The lowest BCUT2D eigenvalue weighted by atomic mass is 9.65. The van der Waals surface area contributed by atoms with Crippen LogP contribution in [0.4, 0.5) is 17.1 Å². The average molecular weight is 638 g/mol. The van der Waals surface area contributed by atoms with Crippen molar-refractivity contribution in [2.75, 3.05) is 17.1 Å². The molecule has 0 unspecified atom stereocenters. The summed E-state index contributed by atoms with van der Waals surface area (Å²) in [5, 5.41) is 4.90.